The van der Waals surface area contributed by atoms with Crippen molar-refractivity contribution in [3.8, 4) is 10.6 Å². The summed E-state index contributed by atoms with van der Waals surface area (Å²) in [4.78, 5) is 15.9. The van der Waals surface area contributed by atoms with Crippen molar-refractivity contribution in [3.63, 3.8) is 0 Å². The highest BCUT2D eigenvalue weighted by Crippen LogP contribution is 2.29. The fourth-order valence-corrected chi connectivity index (χ4v) is 3.99. The van der Waals surface area contributed by atoms with Gasteiger partial charge in [-0.25, -0.2) is 4.52 Å². The Morgan fingerprint density at radius 1 is 1.39 bits per heavy atom. The molecular formula is C12H9N3OS2. The standard InChI is InChI=1S/C12H9N3OS2/c16-12-7-5-17-6-9(7)15-11(13-12)4-8(14-15)10-2-1-3-18-10/h1-4H,5-6H2,(H,13,16). The number of nitrogens with zero attached hydrogens (tertiary/aromatic N) is 2. The number of fused-ring (bicyclic) bond motifs is 3. The fourth-order valence-electron chi connectivity index (χ4n) is 2.22. The molecule has 3 aromatic heterocycles. The number of nitrogens with one attached hydrogen (secondary N) is 1. The summed E-state index contributed by atoms with van der Waals surface area (Å²) in [5.74, 6) is 1.65. The molecule has 1 aliphatic heterocycles. The predicted octanol–water partition coefficient (Wildman–Crippen LogP) is 2.50. The van der Waals surface area contributed by atoms with E-state index in [1.165, 1.54) is 0 Å². The zero-order chi connectivity index (χ0) is 12.1. The average molecular weight is 275 g/mol. The van der Waals surface area contributed by atoms with Crippen molar-refractivity contribution in [2.24, 2.45) is 0 Å². The second-order valence-corrected chi connectivity index (χ2v) is 6.11. The first kappa shape index (κ1) is 10.4. The van der Waals surface area contributed by atoms with Crippen LogP contribution in [0.4, 0.5) is 0 Å². The van der Waals surface area contributed by atoms with Crippen LogP contribution in [0.3, 0.4) is 0 Å². The molecule has 0 radical (unpaired) electrons. The van der Waals surface area contributed by atoms with Gasteiger partial charge in [-0.1, -0.05) is 6.07 Å². The van der Waals surface area contributed by atoms with Crippen LogP contribution in [-0.2, 0) is 11.5 Å². The number of thiophene rings is 1. The summed E-state index contributed by atoms with van der Waals surface area (Å²) in [7, 11) is 0. The van der Waals surface area contributed by atoms with Gasteiger partial charge in [0.1, 0.15) is 11.3 Å². The highest BCUT2D eigenvalue weighted by atomic mass is 32.2. The van der Waals surface area contributed by atoms with Gasteiger partial charge in [0, 0.05) is 23.1 Å². The molecule has 0 aromatic carbocycles. The van der Waals surface area contributed by atoms with Crippen LogP contribution in [0.1, 0.15) is 11.3 Å². The zero-order valence-electron chi connectivity index (χ0n) is 9.34. The molecule has 0 saturated heterocycles. The van der Waals surface area contributed by atoms with Crippen molar-refractivity contribution in [1.29, 1.82) is 0 Å². The van der Waals surface area contributed by atoms with Gasteiger partial charge in [0.05, 0.1) is 10.6 Å². The molecule has 4 rings (SSSR count). The molecule has 1 aliphatic rings. The van der Waals surface area contributed by atoms with Crippen molar-refractivity contribution < 1.29 is 0 Å². The zero-order valence-corrected chi connectivity index (χ0v) is 11.0. The van der Waals surface area contributed by atoms with Gasteiger partial charge < -0.3 is 4.98 Å². The summed E-state index contributed by atoms with van der Waals surface area (Å²) in [5, 5.41) is 6.64. The van der Waals surface area contributed by atoms with Gasteiger partial charge in [-0.15, -0.1) is 11.3 Å². The quantitative estimate of drug-likeness (QED) is 0.742. The molecule has 0 aliphatic carbocycles. The lowest BCUT2D eigenvalue weighted by atomic mass is 10.3. The Morgan fingerprint density at radius 3 is 3.17 bits per heavy atom. The number of hydrogen-bond donors (Lipinski definition) is 1. The van der Waals surface area contributed by atoms with Crippen molar-refractivity contribution in [1.82, 2.24) is 14.6 Å². The van der Waals surface area contributed by atoms with Crippen molar-refractivity contribution in [2.45, 2.75) is 11.5 Å². The first-order valence-electron chi connectivity index (χ1n) is 5.58. The van der Waals surface area contributed by atoms with Crippen molar-refractivity contribution in [2.75, 3.05) is 0 Å². The molecule has 0 amide bonds. The summed E-state index contributed by atoms with van der Waals surface area (Å²) in [6, 6.07) is 5.99. The maximum atomic E-state index is 11.9. The monoisotopic (exact) mass is 275 g/mol. The lowest BCUT2D eigenvalue weighted by molar-refractivity contribution is 0.874. The Balaban J connectivity index is 2.04. The molecule has 18 heavy (non-hydrogen) atoms. The number of aromatic nitrogens is 3. The minimum atomic E-state index is 0.0279. The number of aromatic amines is 1. The molecule has 3 aromatic rings. The normalized spacial score (nSPS) is 14.2. The Kier molecular flexibility index (Phi) is 2.15. The summed E-state index contributed by atoms with van der Waals surface area (Å²) < 4.78 is 1.88. The van der Waals surface area contributed by atoms with E-state index in [4.69, 9.17) is 0 Å². The fraction of sp³-hybridized carbons (Fsp3) is 0.167. The van der Waals surface area contributed by atoms with Gasteiger partial charge in [-0.05, 0) is 11.4 Å². The van der Waals surface area contributed by atoms with E-state index < -0.39 is 0 Å². The van der Waals surface area contributed by atoms with E-state index in [1.807, 2.05) is 28.1 Å². The smallest absolute Gasteiger partial charge is 0.255 e. The molecule has 4 nitrogen and oxygen atoms in total. The molecule has 0 bridgehead atoms. The van der Waals surface area contributed by atoms with E-state index >= 15 is 0 Å². The van der Waals surface area contributed by atoms with Crippen molar-refractivity contribution in [3.05, 3.63) is 45.2 Å². The van der Waals surface area contributed by atoms with Crippen LogP contribution < -0.4 is 5.56 Å². The summed E-state index contributed by atoms with van der Waals surface area (Å²) in [6.07, 6.45) is 0. The Labute approximate surface area is 111 Å². The maximum Gasteiger partial charge on any atom is 0.255 e. The molecule has 90 valence electrons. The third-order valence-electron chi connectivity index (χ3n) is 3.09. The first-order valence-corrected chi connectivity index (χ1v) is 7.62. The molecular weight excluding hydrogens is 266 g/mol. The number of thioether (sulfide) groups is 1. The minimum absolute atomic E-state index is 0.0279. The lowest BCUT2D eigenvalue weighted by Crippen LogP contribution is -2.15. The molecule has 1 N–H and O–H groups in total. The summed E-state index contributed by atoms with van der Waals surface area (Å²) in [5.41, 5.74) is 3.64. The highest BCUT2D eigenvalue weighted by Gasteiger charge is 2.20. The Bertz CT molecular complexity index is 786. The van der Waals surface area contributed by atoms with Gasteiger partial charge in [-0.3, -0.25) is 4.79 Å². The molecule has 4 heterocycles. The van der Waals surface area contributed by atoms with Gasteiger partial charge in [0.2, 0.25) is 0 Å². The molecule has 0 spiro atoms. The van der Waals surface area contributed by atoms with E-state index in [9.17, 15) is 4.79 Å². The van der Waals surface area contributed by atoms with E-state index in [0.717, 1.165) is 39.0 Å². The van der Waals surface area contributed by atoms with Crippen LogP contribution in [0, 0.1) is 0 Å². The second kappa shape index (κ2) is 3.73. The highest BCUT2D eigenvalue weighted by molar-refractivity contribution is 7.98. The van der Waals surface area contributed by atoms with E-state index in [-0.39, 0.29) is 5.56 Å². The SMILES string of the molecule is O=c1[nH]c2cc(-c3cccs3)nn2c2c1CSC2. The van der Waals surface area contributed by atoms with Gasteiger partial charge in [0.25, 0.3) is 5.56 Å². The minimum Gasteiger partial charge on any atom is -0.307 e. The average Bonchev–Trinajstić information content (AvgIpc) is 3.08. The largest absolute Gasteiger partial charge is 0.307 e. The van der Waals surface area contributed by atoms with Crippen LogP contribution in [-0.4, -0.2) is 14.6 Å². The number of rotatable bonds is 1. The Morgan fingerprint density at radius 2 is 2.33 bits per heavy atom. The van der Waals surface area contributed by atoms with Gasteiger partial charge >= 0.3 is 0 Å². The number of H-pyrrole nitrogens is 1. The van der Waals surface area contributed by atoms with Crippen LogP contribution in [0.25, 0.3) is 16.2 Å². The van der Waals surface area contributed by atoms with E-state index in [0.29, 0.717) is 0 Å². The number of hydrogen-bond acceptors (Lipinski definition) is 4. The van der Waals surface area contributed by atoms with Crippen molar-refractivity contribution >= 4 is 28.7 Å². The molecule has 0 fully saturated rings. The second-order valence-electron chi connectivity index (χ2n) is 4.18. The van der Waals surface area contributed by atoms with Gasteiger partial charge in [0.15, 0.2) is 0 Å². The van der Waals surface area contributed by atoms with E-state index in [2.05, 4.69) is 10.1 Å². The third-order valence-corrected chi connectivity index (χ3v) is 4.95. The predicted molar refractivity (Wildman–Crippen MR) is 74.1 cm³/mol. The van der Waals surface area contributed by atoms with Crippen LogP contribution in [0.2, 0.25) is 0 Å². The lowest BCUT2D eigenvalue weighted by Gasteiger charge is -2.00. The van der Waals surface area contributed by atoms with Crippen LogP contribution >= 0.6 is 23.1 Å². The molecule has 6 heteroatoms. The summed E-state index contributed by atoms with van der Waals surface area (Å²) in [6.45, 7) is 0. The third kappa shape index (κ3) is 1.39. The molecule has 0 unspecified atom stereocenters. The topological polar surface area (TPSA) is 50.2 Å². The maximum absolute atomic E-state index is 11.9. The molecule has 0 saturated carbocycles. The van der Waals surface area contributed by atoms with Crippen LogP contribution in [0.15, 0.2) is 28.4 Å². The molecule has 0 atom stereocenters. The Hall–Kier alpha value is -1.53. The van der Waals surface area contributed by atoms with Gasteiger partial charge in [-0.2, -0.15) is 16.9 Å². The summed E-state index contributed by atoms with van der Waals surface area (Å²) >= 11 is 3.42. The first-order chi connectivity index (χ1) is 8.83. The van der Waals surface area contributed by atoms with Crippen LogP contribution in [0.5, 0.6) is 0 Å². The van der Waals surface area contributed by atoms with E-state index in [1.54, 1.807) is 23.1 Å².